The van der Waals surface area contributed by atoms with Gasteiger partial charge in [0.25, 0.3) is 17.5 Å². The van der Waals surface area contributed by atoms with Crippen molar-refractivity contribution in [2.24, 2.45) is 0 Å². The highest BCUT2D eigenvalue weighted by atomic mass is 16.6. The zero-order valence-electron chi connectivity index (χ0n) is 19.0. The van der Waals surface area contributed by atoms with E-state index in [1.807, 2.05) is 37.3 Å². The van der Waals surface area contributed by atoms with Crippen LogP contribution >= 0.6 is 0 Å². The maximum absolute atomic E-state index is 13.1. The molecule has 2 amide bonds. The average Bonchev–Trinajstić information content (AvgIpc) is 2.84. The highest BCUT2D eigenvalue weighted by molar-refractivity contribution is 6.11. The molecule has 0 aliphatic heterocycles. The summed E-state index contributed by atoms with van der Waals surface area (Å²) in [6.45, 7) is 3.85. The number of hydrogen-bond donors (Lipinski definition) is 2. The number of carbonyl (C=O) groups is 2. The first kappa shape index (κ1) is 24.2. The number of rotatable bonds is 9. The molecule has 176 valence electrons. The van der Waals surface area contributed by atoms with Gasteiger partial charge in [0.05, 0.1) is 42.0 Å². The Morgan fingerprint density at radius 2 is 1.65 bits per heavy atom. The van der Waals surface area contributed by atoms with E-state index in [0.717, 1.165) is 11.6 Å². The van der Waals surface area contributed by atoms with Gasteiger partial charge in [0, 0.05) is 6.07 Å². The first-order valence-corrected chi connectivity index (χ1v) is 10.6. The van der Waals surface area contributed by atoms with Crippen molar-refractivity contribution in [1.82, 2.24) is 5.32 Å². The number of benzene rings is 3. The van der Waals surface area contributed by atoms with Gasteiger partial charge in [-0.25, -0.2) is 0 Å². The number of carbonyl (C=O) groups excluding carboxylic acids is 2. The molecule has 0 fully saturated rings. The molecule has 0 heterocycles. The van der Waals surface area contributed by atoms with Crippen LogP contribution in [0, 0.1) is 10.1 Å². The van der Waals surface area contributed by atoms with Crippen molar-refractivity contribution in [3.8, 4) is 11.5 Å². The van der Waals surface area contributed by atoms with E-state index in [1.165, 1.54) is 13.2 Å². The van der Waals surface area contributed by atoms with Crippen molar-refractivity contribution in [2.75, 3.05) is 19.0 Å². The lowest BCUT2D eigenvalue weighted by molar-refractivity contribution is -0.385. The summed E-state index contributed by atoms with van der Waals surface area (Å²) in [5.74, 6) is -0.821. The molecular weight excluding hydrogens is 438 g/mol. The molecule has 0 saturated carbocycles. The fourth-order valence-electron chi connectivity index (χ4n) is 3.39. The normalized spacial score (nSPS) is 11.3. The SMILES string of the molecule is CCOc1cc([N+](=O)[O-])c(C(=O)Nc2ccccc2C(=O)N[C@@H](C)c2ccccc2)cc1OC. The zero-order valence-corrected chi connectivity index (χ0v) is 19.0. The van der Waals surface area contributed by atoms with Crippen LogP contribution in [0.3, 0.4) is 0 Å². The van der Waals surface area contributed by atoms with E-state index in [4.69, 9.17) is 9.47 Å². The highest BCUT2D eigenvalue weighted by Gasteiger charge is 2.26. The molecule has 9 heteroatoms. The molecule has 9 nitrogen and oxygen atoms in total. The highest BCUT2D eigenvalue weighted by Crippen LogP contribution is 2.35. The summed E-state index contributed by atoms with van der Waals surface area (Å²) >= 11 is 0. The monoisotopic (exact) mass is 463 g/mol. The van der Waals surface area contributed by atoms with E-state index in [0.29, 0.717) is 0 Å². The van der Waals surface area contributed by atoms with Crippen molar-refractivity contribution >= 4 is 23.2 Å². The van der Waals surface area contributed by atoms with Crippen LogP contribution in [0.4, 0.5) is 11.4 Å². The lowest BCUT2D eigenvalue weighted by Gasteiger charge is -2.17. The number of ether oxygens (including phenoxy) is 2. The van der Waals surface area contributed by atoms with Gasteiger partial charge in [-0.3, -0.25) is 19.7 Å². The molecule has 0 saturated heterocycles. The Morgan fingerprint density at radius 3 is 2.29 bits per heavy atom. The van der Waals surface area contributed by atoms with Gasteiger partial charge in [-0.2, -0.15) is 0 Å². The van der Waals surface area contributed by atoms with Gasteiger partial charge in [-0.15, -0.1) is 0 Å². The van der Waals surface area contributed by atoms with Crippen LogP contribution in [-0.4, -0.2) is 30.5 Å². The molecule has 0 aromatic heterocycles. The number of amides is 2. The number of methoxy groups -OCH3 is 1. The molecule has 2 N–H and O–H groups in total. The second-order valence-corrected chi connectivity index (χ2v) is 7.32. The fourth-order valence-corrected chi connectivity index (χ4v) is 3.39. The summed E-state index contributed by atoms with van der Waals surface area (Å²) in [6.07, 6.45) is 0. The Kier molecular flexibility index (Phi) is 7.81. The summed E-state index contributed by atoms with van der Waals surface area (Å²) in [5.41, 5.74) is 0.695. The van der Waals surface area contributed by atoms with Gasteiger partial charge in [0.1, 0.15) is 5.56 Å². The Hall–Kier alpha value is -4.40. The van der Waals surface area contributed by atoms with Gasteiger partial charge >= 0.3 is 0 Å². The summed E-state index contributed by atoms with van der Waals surface area (Å²) in [5, 5.41) is 17.1. The van der Waals surface area contributed by atoms with Crippen molar-refractivity contribution in [1.29, 1.82) is 0 Å². The molecule has 0 aliphatic carbocycles. The van der Waals surface area contributed by atoms with Crippen molar-refractivity contribution < 1.29 is 24.0 Å². The minimum atomic E-state index is -0.760. The molecule has 0 spiro atoms. The first-order chi connectivity index (χ1) is 16.3. The topological polar surface area (TPSA) is 120 Å². The standard InChI is InChI=1S/C25H25N3O6/c1-4-34-23-15-21(28(31)32)19(14-22(23)33-3)25(30)27-20-13-9-8-12-18(20)24(29)26-16(2)17-10-6-5-7-11-17/h5-16H,4H2,1-3H3,(H,26,29)(H,27,30)/t16-/m0/s1. The van der Waals surface area contributed by atoms with Crippen LogP contribution in [0.15, 0.2) is 66.7 Å². The number of anilines is 1. The molecule has 0 radical (unpaired) electrons. The van der Waals surface area contributed by atoms with Crippen LogP contribution < -0.4 is 20.1 Å². The van der Waals surface area contributed by atoms with Gasteiger partial charge in [0.15, 0.2) is 11.5 Å². The summed E-state index contributed by atoms with van der Waals surface area (Å²) in [4.78, 5) is 37.0. The predicted molar refractivity (Wildman–Crippen MR) is 128 cm³/mol. The number of para-hydroxylation sites is 1. The van der Waals surface area contributed by atoms with Crippen LogP contribution in [0.2, 0.25) is 0 Å². The molecule has 3 aromatic rings. The lowest BCUT2D eigenvalue weighted by atomic mass is 10.1. The fraction of sp³-hybridized carbons (Fsp3) is 0.200. The number of hydrogen-bond acceptors (Lipinski definition) is 6. The Balaban J connectivity index is 1.89. The molecule has 0 aliphatic rings. The summed E-state index contributed by atoms with van der Waals surface area (Å²) < 4.78 is 10.6. The Labute approximate surface area is 196 Å². The minimum Gasteiger partial charge on any atom is -0.493 e. The third kappa shape index (κ3) is 5.50. The van der Waals surface area contributed by atoms with Crippen LogP contribution in [-0.2, 0) is 0 Å². The summed E-state index contributed by atoms with van der Waals surface area (Å²) in [7, 11) is 1.37. The first-order valence-electron chi connectivity index (χ1n) is 10.6. The van der Waals surface area contributed by atoms with Crippen molar-refractivity contribution in [3.63, 3.8) is 0 Å². The van der Waals surface area contributed by atoms with E-state index in [-0.39, 0.29) is 41.0 Å². The second-order valence-electron chi connectivity index (χ2n) is 7.32. The number of nitrogens with one attached hydrogen (secondary N) is 2. The molecule has 3 rings (SSSR count). The minimum absolute atomic E-state index is 0.155. The van der Waals surface area contributed by atoms with E-state index in [2.05, 4.69) is 10.6 Å². The van der Waals surface area contributed by atoms with Crippen molar-refractivity contribution in [3.05, 3.63) is 93.5 Å². The number of nitrogens with zero attached hydrogens (tertiary/aromatic N) is 1. The zero-order chi connectivity index (χ0) is 24.7. The van der Waals surface area contributed by atoms with Gasteiger partial charge < -0.3 is 20.1 Å². The van der Waals surface area contributed by atoms with E-state index >= 15 is 0 Å². The van der Waals surface area contributed by atoms with E-state index in [1.54, 1.807) is 31.2 Å². The summed E-state index contributed by atoms with van der Waals surface area (Å²) in [6, 6.07) is 18.0. The van der Waals surface area contributed by atoms with Gasteiger partial charge in [0.2, 0.25) is 0 Å². The molecule has 3 aromatic carbocycles. The molecule has 1 atom stereocenters. The molecule has 0 bridgehead atoms. The van der Waals surface area contributed by atoms with Gasteiger partial charge in [-0.1, -0.05) is 42.5 Å². The van der Waals surface area contributed by atoms with Gasteiger partial charge in [-0.05, 0) is 31.5 Å². The smallest absolute Gasteiger partial charge is 0.286 e. The molecular formula is C25H25N3O6. The predicted octanol–water partition coefficient (Wildman–Crippen LogP) is 4.75. The second kappa shape index (κ2) is 11.0. The largest absolute Gasteiger partial charge is 0.493 e. The Bertz CT molecular complexity index is 1200. The maximum Gasteiger partial charge on any atom is 0.286 e. The maximum atomic E-state index is 13.1. The quantitative estimate of drug-likeness (QED) is 0.349. The van der Waals surface area contributed by atoms with E-state index in [9.17, 15) is 19.7 Å². The van der Waals surface area contributed by atoms with E-state index < -0.39 is 22.4 Å². The number of nitro groups is 1. The van der Waals surface area contributed by atoms with Crippen LogP contribution in [0.1, 0.15) is 46.2 Å². The number of nitro benzene ring substituents is 1. The Morgan fingerprint density at radius 1 is 0.971 bits per heavy atom. The van der Waals surface area contributed by atoms with Crippen molar-refractivity contribution in [2.45, 2.75) is 19.9 Å². The average molecular weight is 463 g/mol. The molecule has 0 unspecified atom stereocenters. The lowest BCUT2D eigenvalue weighted by Crippen LogP contribution is -2.28. The molecule has 34 heavy (non-hydrogen) atoms. The van der Waals surface area contributed by atoms with Crippen LogP contribution in [0.25, 0.3) is 0 Å². The third-order valence-electron chi connectivity index (χ3n) is 5.09. The third-order valence-corrected chi connectivity index (χ3v) is 5.09. The van der Waals surface area contributed by atoms with Crippen LogP contribution in [0.5, 0.6) is 11.5 Å².